The molecule has 2 aliphatic rings. The van der Waals surface area contributed by atoms with Gasteiger partial charge in [0.25, 0.3) is 5.91 Å². The molecular formula is C17H27N3O5. The molecule has 2 fully saturated rings. The molecule has 3 rings (SSSR count). The van der Waals surface area contributed by atoms with Gasteiger partial charge < -0.3 is 23.5 Å². The molecule has 1 amide bonds. The Morgan fingerprint density at radius 2 is 2.16 bits per heavy atom. The first kappa shape index (κ1) is 18.3. The zero-order valence-electron chi connectivity index (χ0n) is 15.1. The van der Waals surface area contributed by atoms with E-state index in [2.05, 4.69) is 10.2 Å². The van der Waals surface area contributed by atoms with Crippen LogP contribution in [0.15, 0.2) is 4.42 Å². The number of hydrogen-bond acceptors (Lipinski definition) is 7. The van der Waals surface area contributed by atoms with Crippen LogP contribution in [0.5, 0.6) is 0 Å². The molecule has 0 spiro atoms. The Bertz CT molecular complexity index is 570. The first-order valence-electron chi connectivity index (χ1n) is 9.01. The molecule has 25 heavy (non-hydrogen) atoms. The van der Waals surface area contributed by atoms with Crippen molar-refractivity contribution in [3.05, 3.63) is 11.8 Å². The first-order valence-corrected chi connectivity index (χ1v) is 9.01. The lowest BCUT2D eigenvalue weighted by Gasteiger charge is -2.35. The van der Waals surface area contributed by atoms with Gasteiger partial charge in [-0.25, -0.2) is 0 Å². The largest absolute Gasteiger partial charge is 0.423 e. The monoisotopic (exact) mass is 353 g/mol. The molecule has 0 aliphatic carbocycles. The van der Waals surface area contributed by atoms with Gasteiger partial charge in [0.05, 0.1) is 25.9 Å². The minimum Gasteiger partial charge on any atom is -0.423 e. The van der Waals surface area contributed by atoms with Crippen LogP contribution < -0.4 is 0 Å². The Morgan fingerprint density at radius 1 is 1.32 bits per heavy atom. The lowest BCUT2D eigenvalue weighted by Crippen LogP contribution is -2.48. The van der Waals surface area contributed by atoms with E-state index in [1.165, 1.54) is 0 Å². The molecule has 2 aliphatic heterocycles. The van der Waals surface area contributed by atoms with Crippen molar-refractivity contribution >= 4 is 5.91 Å². The smallest absolute Gasteiger partial charge is 0.252 e. The maximum absolute atomic E-state index is 12.8. The Hall–Kier alpha value is -1.51. The molecule has 0 unspecified atom stereocenters. The minimum absolute atomic E-state index is 0.0874. The van der Waals surface area contributed by atoms with E-state index in [-0.39, 0.29) is 24.0 Å². The standard InChI is InChI=1S/C17H27N3O5/c1-11(2)15-18-19-16(25-15)14-10-22-8-6-20(14)17(21)12(3)24-9-13-5-4-7-23-13/h11-14H,4-10H2,1-3H3/t12-,13+,14+/m0/s1. The van der Waals surface area contributed by atoms with Crippen LogP contribution >= 0.6 is 0 Å². The molecule has 8 heteroatoms. The number of ether oxygens (including phenoxy) is 3. The lowest BCUT2D eigenvalue weighted by atomic mass is 10.2. The van der Waals surface area contributed by atoms with E-state index in [1.807, 2.05) is 13.8 Å². The van der Waals surface area contributed by atoms with E-state index in [0.717, 1.165) is 19.4 Å². The average molecular weight is 353 g/mol. The average Bonchev–Trinajstić information content (AvgIpc) is 3.30. The van der Waals surface area contributed by atoms with Crippen molar-refractivity contribution in [2.45, 2.75) is 57.8 Å². The second-order valence-corrected chi connectivity index (χ2v) is 6.87. The SMILES string of the molecule is CC(C)c1nnc([C@H]2COCCN2C(=O)[C@H](C)OC[C@H]2CCCO2)o1. The van der Waals surface area contributed by atoms with Gasteiger partial charge in [-0.15, -0.1) is 10.2 Å². The summed E-state index contributed by atoms with van der Waals surface area (Å²) in [5, 5.41) is 8.17. The second kappa shape index (κ2) is 8.25. The van der Waals surface area contributed by atoms with Crippen molar-refractivity contribution in [3.8, 4) is 0 Å². The summed E-state index contributed by atoms with van der Waals surface area (Å²) in [6.07, 6.45) is 1.59. The lowest BCUT2D eigenvalue weighted by molar-refractivity contribution is -0.154. The molecule has 0 aromatic carbocycles. The van der Waals surface area contributed by atoms with Crippen molar-refractivity contribution in [2.75, 3.05) is 33.0 Å². The van der Waals surface area contributed by atoms with Gasteiger partial charge in [-0.1, -0.05) is 13.8 Å². The first-order chi connectivity index (χ1) is 12.1. The predicted molar refractivity (Wildman–Crippen MR) is 88.0 cm³/mol. The molecule has 0 radical (unpaired) electrons. The van der Waals surface area contributed by atoms with Gasteiger partial charge in [-0.2, -0.15) is 0 Å². The van der Waals surface area contributed by atoms with Crippen molar-refractivity contribution in [1.29, 1.82) is 0 Å². The van der Waals surface area contributed by atoms with Crippen LogP contribution in [0.25, 0.3) is 0 Å². The van der Waals surface area contributed by atoms with Crippen molar-refractivity contribution in [3.63, 3.8) is 0 Å². The summed E-state index contributed by atoms with van der Waals surface area (Å²) >= 11 is 0. The Morgan fingerprint density at radius 3 is 2.84 bits per heavy atom. The fourth-order valence-corrected chi connectivity index (χ4v) is 3.02. The number of rotatable bonds is 6. The summed E-state index contributed by atoms with van der Waals surface area (Å²) in [6, 6.07) is -0.366. The van der Waals surface area contributed by atoms with Gasteiger partial charge in [0, 0.05) is 19.1 Å². The third-order valence-corrected chi connectivity index (χ3v) is 4.55. The number of amides is 1. The van der Waals surface area contributed by atoms with E-state index in [1.54, 1.807) is 11.8 Å². The summed E-state index contributed by atoms with van der Waals surface area (Å²) in [4.78, 5) is 14.6. The molecule has 0 saturated carbocycles. The molecule has 2 saturated heterocycles. The number of carbonyl (C=O) groups is 1. The van der Waals surface area contributed by atoms with Gasteiger partial charge >= 0.3 is 0 Å². The number of hydrogen-bond donors (Lipinski definition) is 0. The number of aromatic nitrogens is 2. The van der Waals surface area contributed by atoms with Gasteiger partial charge in [-0.3, -0.25) is 4.79 Å². The predicted octanol–water partition coefficient (Wildman–Crippen LogP) is 1.68. The highest BCUT2D eigenvalue weighted by molar-refractivity contribution is 5.81. The van der Waals surface area contributed by atoms with Gasteiger partial charge in [0.1, 0.15) is 12.1 Å². The highest BCUT2D eigenvalue weighted by atomic mass is 16.5. The molecule has 0 N–H and O–H groups in total. The van der Waals surface area contributed by atoms with Crippen LogP contribution in [0, 0.1) is 0 Å². The molecule has 3 heterocycles. The fraction of sp³-hybridized carbons (Fsp3) is 0.824. The van der Waals surface area contributed by atoms with Crippen molar-refractivity contribution in [1.82, 2.24) is 15.1 Å². The summed E-state index contributed by atoms with van der Waals surface area (Å²) in [5.74, 6) is 1.04. The van der Waals surface area contributed by atoms with Crippen LogP contribution in [0.3, 0.4) is 0 Å². The normalized spacial score (nSPS) is 25.5. The van der Waals surface area contributed by atoms with Crippen LogP contribution in [0.1, 0.15) is 57.4 Å². The zero-order valence-corrected chi connectivity index (χ0v) is 15.1. The Balaban J connectivity index is 1.63. The molecule has 140 valence electrons. The minimum atomic E-state index is -0.544. The van der Waals surface area contributed by atoms with E-state index in [4.69, 9.17) is 18.6 Å². The van der Waals surface area contributed by atoms with E-state index in [9.17, 15) is 4.79 Å². The van der Waals surface area contributed by atoms with E-state index < -0.39 is 6.10 Å². The quantitative estimate of drug-likeness (QED) is 0.769. The molecule has 3 atom stereocenters. The van der Waals surface area contributed by atoms with Crippen molar-refractivity contribution in [2.24, 2.45) is 0 Å². The van der Waals surface area contributed by atoms with Crippen LogP contribution in [-0.4, -0.2) is 66.2 Å². The molecular weight excluding hydrogens is 326 g/mol. The maximum Gasteiger partial charge on any atom is 0.252 e. The van der Waals surface area contributed by atoms with Crippen molar-refractivity contribution < 1.29 is 23.4 Å². The van der Waals surface area contributed by atoms with Crippen LogP contribution in [0.2, 0.25) is 0 Å². The van der Waals surface area contributed by atoms with Crippen LogP contribution in [0.4, 0.5) is 0 Å². The number of nitrogens with zero attached hydrogens (tertiary/aromatic N) is 3. The highest BCUT2D eigenvalue weighted by Gasteiger charge is 2.35. The third kappa shape index (κ3) is 4.37. The summed E-state index contributed by atoms with van der Waals surface area (Å²) in [6.45, 7) is 8.29. The maximum atomic E-state index is 12.8. The highest BCUT2D eigenvalue weighted by Crippen LogP contribution is 2.26. The van der Waals surface area contributed by atoms with E-state index in [0.29, 0.717) is 38.1 Å². The zero-order chi connectivity index (χ0) is 17.8. The molecule has 1 aromatic heterocycles. The van der Waals surface area contributed by atoms with E-state index >= 15 is 0 Å². The summed E-state index contributed by atoms with van der Waals surface area (Å²) in [5.41, 5.74) is 0. The molecule has 1 aromatic rings. The summed E-state index contributed by atoms with van der Waals surface area (Å²) < 4.78 is 22.5. The van der Waals surface area contributed by atoms with Gasteiger partial charge in [0.15, 0.2) is 0 Å². The van der Waals surface area contributed by atoms with Crippen LogP contribution in [-0.2, 0) is 19.0 Å². The molecule has 0 bridgehead atoms. The second-order valence-electron chi connectivity index (χ2n) is 6.87. The number of morpholine rings is 1. The molecule has 8 nitrogen and oxygen atoms in total. The summed E-state index contributed by atoms with van der Waals surface area (Å²) in [7, 11) is 0. The fourth-order valence-electron chi connectivity index (χ4n) is 3.02. The Kier molecular flexibility index (Phi) is 6.03. The number of carbonyl (C=O) groups excluding carboxylic acids is 1. The van der Waals surface area contributed by atoms with Gasteiger partial charge in [-0.05, 0) is 19.8 Å². The Labute approximate surface area is 147 Å². The van der Waals surface area contributed by atoms with Gasteiger partial charge in [0.2, 0.25) is 11.8 Å². The topological polar surface area (TPSA) is 86.9 Å². The third-order valence-electron chi connectivity index (χ3n) is 4.55.